The van der Waals surface area contributed by atoms with E-state index in [0.717, 1.165) is 22.1 Å². The largest absolute Gasteiger partial charge is 0.346 e. The summed E-state index contributed by atoms with van der Waals surface area (Å²) in [5, 5.41) is 5.17. The summed E-state index contributed by atoms with van der Waals surface area (Å²) in [5.74, 6) is 0.0961. The SMILES string of the molecule is Fc1ccccc1-c1nc2ccn(Cc3csc(-c4cccs4)n3)cc-2n1. The molecule has 2 aliphatic heterocycles. The summed E-state index contributed by atoms with van der Waals surface area (Å²) in [4.78, 5) is 14.9. The first-order chi connectivity index (χ1) is 13.3. The van der Waals surface area contributed by atoms with Crippen LogP contribution in [-0.4, -0.2) is 19.5 Å². The molecule has 0 saturated heterocycles. The van der Waals surface area contributed by atoms with Crippen LogP contribution in [0.5, 0.6) is 0 Å². The molecule has 1 aromatic carbocycles. The number of imidazole rings is 1. The van der Waals surface area contributed by atoms with Gasteiger partial charge in [-0.05, 0) is 29.6 Å². The molecule has 0 atom stereocenters. The Bertz CT molecular complexity index is 1180. The highest BCUT2D eigenvalue weighted by Gasteiger charge is 2.15. The predicted octanol–water partition coefficient (Wildman–Crippen LogP) is 5.42. The Morgan fingerprint density at radius 2 is 1.81 bits per heavy atom. The molecule has 0 saturated carbocycles. The summed E-state index contributed by atoms with van der Waals surface area (Å²) in [6.45, 7) is 0.652. The van der Waals surface area contributed by atoms with Crippen LogP contribution in [0, 0.1) is 5.82 Å². The van der Waals surface area contributed by atoms with Crippen LogP contribution in [0.1, 0.15) is 5.69 Å². The minimum atomic E-state index is -0.315. The molecule has 0 bridgehead atoms. The molecule has 0 N–H and O–H groups in total. The molecule has 0 amide bonds. The van der Waals surface area contributed by atoms with Gasteiger partial charge in [0.2, 0.25) is 0 Å². The van der Waals surface area contributed by atoms with Crippen molar-refractivity contribution in [1.29, 1.82) is 0 Å². The normalized spacial score (nSPS) is 11.3. The van der Waals surface area contributed by atoms with Crippen molar-refractivity contribution in [1.82, 2.24) is 19.5 Å². The molecule has 3 aromatic rings. The minimum absolute atomic E-state index is 0.315. The first-order valence-electron chi connectivity index (χ1n) is 8.33. The zero-order chi connectivity index (χ0) is 18.2. The third kappa shape index (κ3) is 3.15. The second kappa shape index (κ2) is 6.68. The van der Waals surface area contributed by atoms with Gasteiger partial charge >= 0.3 is 0 Å². The van der Waals surface area contributed by atoms with E-state index in [4.69, 9.17) is 4.98 Å². The lowest BCUT2D eigenvalue weighted by Gasteiger charge is -2.05. The van der Waals surface area contributed by atoms with E-state index < -0.39 is 0 Å². The van der Waals surface area contributed by atoms with E-state index in [2.05, 4.69) is 26.8 Å². The Balaban J connectivity index is 1.44. The van der Waals surface area contributed by atoms with Gasteiger partial charge in [0, 0.05) is 17.8 Å². The van der Waals surface area contributed by atoms with Crippen molar-refractivity contribution in [3.8, 4) is 32.7 Å². The van der Waals surface area contributed by atoms with E-state index in [9.17, 15) is 4.39 Å². The third-order valence-corrected chi connectivity index (χ3v) is 6.10. The maximum absolute atomic E-state index is 14.0. The molecule has 4 nitrogen and oxygen atoms in total. The number of thiophene rings is 1. The van der Waals surface area contributed by atoms with Crippen molar-refractivity contribution in [2.45, 2.75) is 6.54 Å². The van der Waals surface area contributed by atoms with Crippen molar-refractivity contribution in [2.24, 2.45) is 0 Å². The highest BCUT2D eigenvalue weighted by atomic mass is 32.1. The Labute approximate surface area is 163 Å². The predicted molar refractivity (Wildman–Crippen MR) is 107 cm³/mol. The highest BCUT2D eigenvalue weighted by Crippen LogP contribution is 2.29. The van der Waals surface area contributed by atoms with Gasteiger partial charge in [0.05, 0.1) is 28.4 Å². The Hall–Kier alpha value is -2.90. The number of pyridine rings is 1. The van der Waals surface area contributed by atoms with Crippen LogP contribution in [0.15, 0.2) is 65.6 Å². The molecular formula is C20H13FN4S2. The van der Waals surface area contributed by atoms with Gasteiger partial charge in [-0.25, -0.2) is 19.3 Å². The van der Waals surface area contributed by atoms with Gasteiger partial charge in [0.1, 0.15) is 16.5 Å². The monoisotopic (exact) mass is 392 g/mol. The lowest BCUT2D eigenvalue weighted by atomic mass is 10.2. The number of thiazole rings is 1. The molecule has 0 unspecified atom stereocenters. The van der Waals surface area contributed by atoms with Crippen molar-refractivity contribution in [2.75, 3.05) is 0 Å². The first kappa shape index (κ1) is 16.3. The second-order valence-electron chi connectivity index (χ2n) is 6.04. The minimum Gasteiger partial charge on any atom is -0.346 e. The second-order valence-corrected chi connectivity index (χ2v) is 7.84. The van der Waals surface area contributed by atoms with E-state index >= 15 is 0 Å². The summed E-state index contributed by atoms with van der Waals surface area (Å²) < 4.78 is 16.0. The fraction of sp³-hybridized carbons (Fsp3) is 0.0500. The molecule has 132 valence electrons. The van der Waals surface area contributed by atoms with Crippen LogP contribution in [0.4, 0.5) is 4.39 Å². The lowest BCUT2D eigenvalue weighted by molar-refractivity contribution is 0.630. The fourth-order valence-electron chi connectivity index (χ4n) is 2.89. The number of aromatic nitrogens is 4. The molecule has 27 heavy (non-hydrogen) atoms. The van der Waals surface area contributed by atoms with E-state index in [-0.39, 0.29) is 5.82 Å². The van der Waals surface area contributed by atoms with Crippen molar-refractivity contribution >= 4 is 22.7 Å². The topological polar surface area (TPSA) is 43.6 Å². The van der Waals surface area contributed by atoms with Gasteiger partial charge in [-0.2, -0.15) is 0 Å². The molecule has 2 aliphatic rings. The zero-order valence-electron chi connectivity index (χ0n) is 14.0. The smallest absolute Gasteiger partial charge is 0.163 e. The molecule has 4 heterocycles. The summed E-state index contributed by atoms with van der Waals surface area (Å²) >= 11 is 3.34. The lowest BCUT2D eigenvalue weighted by Crippen LogP contribution is -2.01. The molecule has 0 aliphatic carbocycles. The maximum Gasteiger partial charge on any atom is 0.163 e. The number of hydrogen-bond donors (Lipinski definition) is 0. The molecule has 0 fully saturated rings. The molecule has 0 radical (unpaired) electrons. The van der Waals surface area contributed by atoms with Crippen LogP contribution in [0.3, 0.4) is 0 Å². The Morgan fingerprint density at radius 1 is 0.926 bits per heavy atom. The molecule has 5 rings (SSSR count). The Morgan fingerprint density at radius 3 is 2.67 bits per heavy atom. The van der Waals surface area contributed by atoms with Gasteiger partial charge in [-0.3, -0.25) is 0 Å². The van der Waals surface area contributed by atoms with Crippen LogP contribution >= 0.6 is 22.7 Å². The van der Waals surface area contributed by atoms with Crippen molar-refractivity contribution in [3.63, 3.8) is 0 Å². The van der Waals surface area contributed by atoms with Gasteiger partial charge in [0.15, 0.2) is 5.82 Å². The number of benzene rings is 1. The standard InChI is InChI=1S/C20H13FN4S2/c21-15-5-2-1-4-14(15)19-23-16-7-8-25(11-17(16)24-19)10-13-12-27-20(22-13)18-6-3-9-26-18/h1-9,11-12H,10H2. The molecule has 2 aromatic heterocycles. The van der Waals surface area contributed by atoms with Crippen LogP contribution in [0.2, 0.25) is 0 Å². The number of rotatable bonds is 4. The summed E-state index contributed by atoms with van der Waals surface area (Å²) in [7, 11) is 0. The van der Waals surface area contributed by atoms with Crippen LogP contribution in [0.25, 0.3) is 32.7 Å². The number of fused-ring (bicyclic) bond motifs is 1. The highest BCUT2D eigenvalue weighted by molar-refractivity contribution is 7.20. The third-order valence-electron chi connectivity index (χ3n) is 4.17. The molecule has 0 spiro atoms. The van der Waals surface area contributed by atoms with Crippen molar-refractivity contribution in [3.05, 3.63) is 77.1 Å². The van der Waals surface area contributed by atoms with Crippen LogP contribution < -0.4 is 0 Å². The average molecular weight is 392 g/mol. The van der Waals surface area contributed by atoms with Crippen molar-refractivity contribution < 1.29 is 4.39 Å². The summed E-state index contributed by atoms with van der Waals surface area (Å²) in [6.07, 6.45) is 3.88. The molecule has 7 heteroatoms. The zero-order valence-corrected chi connectivity index (χ0v) is 15.7. The fourth-order valence-corrected chi connectivity index (χ4v) is 4.52. The molecular weight excluding hydrogens is 379 g/mol. The van der Waals surface area contributed by atoms with Crippen LogP contribution in [-0.2, 0) is 6.54 Å². The van der Waals surface area contributed by atoms with Gasteiger partial charge in [-0.15, -0.1) is 22.7 Å². The van der Waals surface area contributed by atoms with Gasteiger partial charge in [0.25, 0.3) is 0 Å². The van der Waals surface area contributed by atoms with Gasteiger partial charge < -0.3 is 4.57 Å². The number of nitrogens with zero attached hydrogens (tertiary/aromatic N) is 4. The maximum atomic E-state index is 14.0. The first-order valence-corrected chi connectivity index (χ1v) is 10.1. The van der Waals surface area contributed by atoms with E-state index in [1.165, 1.54) is 10.9 Å². The number of hydrogen-bond acceptors (Lipinski definition) is 5. The Kier molecular flexibility index (Phi) is 4.03. The number of halogens is 1. The van der Waals surface area contributed by atoms with E-state index in [1.54, 1.807) is 40.9 Å². The average Bonchev–Trinajstić information content (AvgIpc) is 3.42. The van der Waals surface area contributed by atoms with Gasteiger partial charge in [-0.1, -0.05) is 18.2 Å². The van der Waals surface area contributed by atoms with E-state index in [0.29, 0.717) is 17.9 Å². The van der Waals surface area contributed by atoms with E-state index in [1.807, 2.05) is 29.1 Å². The quantitative estimate of drug-likeness (QED) is 0.410. The summed E-state index contributed by atoms with van der Waals surface area (Å²) in [6, 6.07) is 12.6. The summed E-state index contributed by atoms with van der Waals surface area (Å²) in [5.41, 5.74) is 2.91.